The van der Waals surface area contributed by atoms with Crippen LogP contribution in [0.4, 0.5) is 23.0 Å². The predicted octanol–water partition coefficient (Wildman–Crippen LogP) is 3.38. The fourth-order valence-corrected chi connectivity index (χ4v) is 2.38. The molecule has 2 aromatic heterocycles. The Kier molecular flexibility index (Phi) is 5.33. The number of nitrogens with one attached hydrogen (secondary N) is 2. The van der Waals surface area contributed by atoms with Crippen molar-refractivity contribution < 1.29 is 14.2 Å². The van der Waals surface area contributed by atoms with Gasteiger partial charge in [-0.1, -0.05) is 0 Å². The highest BCUT2D eigenvalue weighted by Crippen LogP contribution is 2.40. The zero-order valence-electron chi connectivity index (χ0n) is 14.7. The second-order valence-electron chi connectivity index (χ2n) is 5.19. The van der Waals surface area contributed by atoms with Crippen molar-refractivity contribution in [3.63, 3.8) is 0 Å². The summed E-state index contributed by atoms with van der Waals surface area (Å²) in [6.07, 6.45) is 4.89. The van der Waals surface area contributed by atoms with Gasteiger partial charge < -0.3 is 24.8 Å². The Balaban J connectivity index is 1.84. The van der Waals surface area contributed by atoms with Gasteiger partial charge in [0.25, 0.3) is 0 Å². The molecule has 0 aliphatic rings. The van der Waals surface area contributed by atoms with Crippen LogP contribution >= 0.6 is 0 Å². The molecule has 3 rings (SSSR count). The summed E-state index contributed by atoms with van der Waals surface area (Å²) in [5.41, 5.74) is 1.63. The number of rotatable bonds is 7. The molecule has 0 spiro atoms. The van der Waals surface area contributed by atoms with Crippen LogP contribution in [0.15, 0.2) is 49.1 Å². The predicted molar refractivity (Wildman–Crippen MR) is 98.9 cm³/mol. The first-order chi connectivity index (χ1) is 12.7. The minimum Gasteiger partial charge on any atom is -0.493 e. The number of methoxy groups -OCH3 is 3. The maximum absolute atomic E-state index is 5.36. The first kappa shape index (κ1) is 17.3. The Hall–Kier alpha value is -3.55. The molecule has 0 fully saturated rings. The molecule has 2 heterocycles. The highest BCUT2D eigenvalue weighted by atomic mass is 16.5. The fraction of sp³-hybridized carbons (Fsp3) is 0.167. The molecule has 1 aromatic carbocycles. The lowest BCUT2D eigenvalue weighted by Gasteiger charge is -2.15. The van der Waals surface area contributed by atoms with Gasteiger partial charge in [-0.2, -0.15) is 0 Å². The number of anilines is 4. The number of ether oxygens (including phenoxy) is 3. The van der Waals surface area contributed by atoms with Crippen molar-refractivity contribution in [3.05, 3.63) is 49.1 Å². The van der Waals surface area contributed by atoms with Gasteiger partial charge in [0, 0.05) is 42.0 Å². The fourth-order valence-electron chi connectivity index (χ4n) is 2.38. The van der Waals surface area contributed by atoms with Gasteiger partial charge in [-0.25, -0.2) is 9.97 Å². The molecule has 3 aromatic rings. The summed E-state index contributed by atoms with van der Waals surface area (Å²) >= 11 is 0. The van der Waals surface area contributed by atoms with Crippen LogP contribution in [0, 0.1) is 0 Å². The van der Waals surface area contributed by atoms with E-state index in [1.165, 1.54) is 6.33 Å². The highest BCUT2D eigenvalue weighted by Gasteiger charge is 2.13. The molecule has 8 nitrogen and oxygen atoms in total. The van der Waals surface area contributed by atoms with Crippen LogP contribution in [0.1, 0.15) is 0 Å². The Morgan fingerprint density at radius 1 is 0.731 bits per heavy atom. The van der Waals surface area contributed by atoms with Crippen LogP contribution in [-0.4, -0.2) is 36.3 Å². The highest BCUT2D eigenvalue weighted by molar-refractivity contribution is 5.68. The largest absolute Gasteiger partial charge is 0.493 e. The second kappa shape index (κ2) is 8.02. The number of hydrogen-bond donors (Lipinski definition) is 2. The van der Waals surface area contributed by atoms with Crippen LogP contribution in [0.2, 0.25) is 0 Å². The summed E-state index contributed by atoms with van der Waals surface area (Å²) in [6, 6.07) is 9.12. The van der Waals surface area contributed by atoms with E-state index >= 15 is 0 Å². The number of pyridine rings is 1. The van der Waals surface area contributed by atoms with E-state index in [2.05, 4.69) is 25.6 Å². The zero-order chi connectivity index (χ0) is 18.4. The molecular formula is C18H19N5O3. The molecule has 0 unspecified atom stereocenters. The summed E-state index contributed by atoms with van der Waals surface area (Å²) < 4.78 is 16.1. The first-order valence-corrected chi connectivity index (χ1v) is 7.79. The van der Waals surface area contributed by atoms with E-state index in [0.29, 0.717) is 28.9 Å². The van der Waals surface area contributed by atoms with E-state index in [9.17, 15) is 0 Å². The smallest absolute Gasteiger partial charge is 0.203 e. The molecule has 0 amide bonds. The van der Waals surface area contributed by atoms with Crippen molar-refractivity contribution in [2.24, 2.45) is 0 Å². The maximum atomic E-state index is 5.36. The van der Waals surface area contributed by atoms with Gasteiger partial charge in [0.1, 0.15) is 18.0 Å². The average molecular weight is 353 g/mol. The summed E-state index contributed by atoms with van der Waals surface area (Å²) in [6.45, 7) is 0. The van der Waals surface area contributed by atoms with Gasteiger partial charge in [-0.15, -0.1) is 0 Å². The van der Waals surface area contributed by atoms with Crippen LogP contribution in [0.5, 0.6) is 17.2 Å². The van der Waals surface area contributed by atoms with Crippen molar-refractivity contribution in [3.8, 4) is 17.2 Å². The van der Waals surface area contributed by atoms with Crippen LogP contribution in [0.25, 0.3) is 0 Å². The monoisotopic (exact) mass is 353 g/mol. The van der Waals surface area contributed by atoms with Crippen molar-refractivity contribution >= 4 is 23.0 Å². The number of hydrogen-bond acceptors (Lipinski definition) is 8. The van der Waals surface area contributed by atoms with Gasteiger partial charge in [0.2, 0.25) is 5.75 Å². The lowest BCUT2D eigenvalue weighted by atomic mass is 10.2. The molecule has 0 bridgehead atoms. The van der Waals surface area contributed by atoms with Crippen molar-refractivity contribution in [2.75, 3.05) is 32.0 Å². The standard InChI is InChI=1S/C18H19N5O3/c1-24-14-8-13(9-15(25-2)18(14)26-3)23-17-10-16(20-11-21-17)22-12-4-6-19-7-5-12/h4-11H,1-3H3,(H2,19,20,21,22,23). The molecule has 2 N–H and O–H groups in total. The Morgan fingerprint density at radius 3 is 1.85 bits per heavy atom. The van der Waals surface area contributed by atoms with E-state index < -0.39 is 0 Å². The zero-order valence-corrected chi connectivity index (χ0v) is 14.7. The van der Waals surface area contributed by atoms with Crippen LogP contribution in [0.3, 0.4) is 0 Å². The molecule has 0 saturated carbocycles. The second-order valence-corrected chi connectivity index (χ2v) is 5.19. The summed E-state index contributed by atoms with van der Waals surface area (Å²) in [7, 11) is 4.71. The van der Waals surface area contributed by atoms with Gasteiger partial charge in [-0.3, -0.25) is 4.98 Å². The average Bonchev–Trinajstić information content (AvgIpc) is 2.68. The Labute approximate surface area is 151 Å². The lowest BCUT2D eigenvalue weighted by molar-refractivity contribution is 0.324. The molecular weight excluding hydrogens is 334 g/mol. The third-order valence-electron chi connectivity index (χ3n) is 3.56. The molecule has 0 radical (unpaired) electrons. The quantitative estimate of drug-likeness (QED) is 0.668. The third-order valence-corrected chi connectivity index (χ3v) is 3.56. The van der Waals surface area contributed by atoms with Crippen LogP contribution < -0.4 is 24.8 Å². The van der Waals surface area contributed by atoms with Gasteiger partial charge in [0.05, 0.1) is 21.3 Å². The van der Waals surface area contributed by atoms with Crippen molar-refractivity contribution in [1.29, 1.82) is 0 Å². The minimum atomic E-state index is 0.531. The normalized spacial score (nSPS) is 10.1. The van der Waals surface area contributed by atoms with E-state index in [0.717, 1.165) is 11.4 Å². The number of benzene rings is 1. The van der Waals surface area contributed by atoms with E-state index in [4.69, 9.17) is 14.2 Å². The van der Waals surface area contributed by atoms with E-state index in [1.54, 1.807) is 51.9 Å². The molecule has 26 heavy (non-hydrogen) atoms. The number of nitrogens with zero attached hydrogens (tertiary/aromatic N) is 3. The summed E-state index contributed by atoms with van der Waals surface area (Å²) in [5, 5.41) is 6.40. The van der Waals surface area contributed by atoms with Crippen molar-refractivity contribution in [1.82, 2.24) is 15.0 Å². The molecule has 134 valence electrons. The molecule has 0 aliphatic carbocycles. The molecule has 0 saturated heterocycles. The SMILES string of the molecule is COc1cc(Nc2cc(Nc3ccncc3)ncn2)cc(OC)c1OC. The third kappa shape index (κ3) is 3.92. The molecule has 0 atom stereocenters. The number of aromatic nitrogens is 3. The topological polar surface area (TPSA) is 90.4 Å². The Bertz CT molecular complexity index is 849. The van der Waals surface area contributed by atoms with E-state index in [-0.39, 0.29) is 0 Å². The lowest BCUT2D eigenvalue weighted by Crippen LogP contribution is -2.00. The molecule has 0 aliphatic heterocycles. The van der Waals surface area contributed by atoms with E-state index in [1.807, 2.05) is 12.1 Å². The van der Waals surface area contributed by atoms with Gasteiger partial charge in [-0.05, 0) is 12.1 Å². The maximum Gasteiger partial charge on any atom is 0.203 e. The summed E-state index contributed by atoms with van der Waals surface area (Å²) in [4.78, 5) is 12.4. The van der Waals surface area contributed by atoms with Gasteiger partial charge in [0.15, 0.2) is 11.5 Å². The van der Waals surface area contributed by atoms with Gasteiger partial charge >= 0.3 is 0 Å². The molecule has 8 heteroatoms. The Morgan fingerprint density at radius 2 is 1.31 bits per heavy atom. The minimum absolute atomic E-state index is 0.531. The van der Waals surface area contributed by atoms with Crippen molar-refractivity contribution in [2.45, 2.75) is 0 Å². The summed E-state index contributed by atoms with van der Waals surface area (Å²) in [5.74, 6) is 2.91. The first-order valence-electron chi connectivity index (χ1n) is 7.79. The van der Waals surface area contributed by atoms with Crippen LogP contribution in [-0.2, 0) is 0 Å².